The number of hydrogen-bond acceptors (Lipinski definition) is 4. The third-order valence-electron chi connectivity index (χ3n) is 2.01. The lowest BCUT2D eigenvalue weighted by Crippen LogP contribution is -2.17. The summed E-state index contributed by atoms with van der Waals surface area (Å²) < 4.78 is 0. The molecule has 3 N–H and O–H groups in total. The fourth-order valence-corrected chi connectivity index (χ4v) is 1.27. The molecule has 0 spiro atoms. The summed E-state index contributed by atoms with van der Waals surface area (Å²) in [7, 11) is 0. The van der Waals surface area contributed by atoms with Crippen LogP contribution in [0.15, 0.2) is 30.7 Å². The number of pyridine rings is 1. The molecular formula is C10H8N4O3. The number of amides is 1. The lowest BCUT2D eigenvalue weighted by atomic mass is 10.2. The number of aromatic amines is 1. The zero-order valence-corrected chi connectivity index (χ0v) is 8.54. The largest absolute Gasteiger partial charge is 0.478 e. The van der Waals surface area contributed by atoms with Crippen LogP contribution in [0.3, 0.4) is 0 Å². The second-order valence-corrected chi connectivity index (χ2v) is 3.15. The van der Waals surface area contributed by atoms with Crippen LogP contribution in [0.4, 0.5) is 5.69 Å². The highest BCUT2D eigenvalue weighted by Gasteiger charge is 2.17. The standard InChI is InChI=1S/C10H8N4O3/c15-9(14-6-4-12-13-5-6)8-7(10(16)17)2-1-3-11-8/h1-5H,(H,12,13)(H,14,15)(H,16,17). The van der Waals surface area contributed by atoms with Crippen molar-refractivity contribution >= 4 is 17.6 Å². The predicted octanol–water partition coefficient (Wildman–Crippen LogP) is 0.755. The van der Waals surface area contributed by atoms with Gasteiger partial charge in [0.25, 0.3) is 5.91 Å². The SMILES string of the molecule is O=C(O)c1cccnc1C(=O)Nc1cn[nH]c1. The Bertz CT molecular complexity index is 550. The number of hydrogen-bond donors (Lipinski definition) is 3. The molecule has 1 amide bonds. The van der Waals surface area contributed by atoms with Gasteiger partial charge >= 0.3 is 5.97 Å². The number of carbonyl (C=O) groups excluding carboxylic acids is 1. The highest BCUT2D eigenvalue weighted by molar-refractivity contribution is 6.09. The van der Waals surface area contributed by atoms with Crippen molar-refractivity contribution in [3.63, 3.8) is 0 Å². The fraction of sp³-hybridized carbons (Fsp3) is 0. The molecular weight excluding hydrogens is 224 g/mol. The van der Waals surface area contributed by atoms with Crippen LogP contribution in [-0.2, 0) is 0 Å². The minimum Gasteiger partial charge on any atom is -0.478 e. The molecule has 0 radical (unpaired) electrons. The topological polar surface area (TPSA) is 108 Å². The van der Waals surface area contributed by atoms with Gasteiger partial charge in [-0.05, 0) is 12.1 Å². The normalized spacial score (nSPS) is 9.88. The summed E-state index contributed by atoms with van der Waals surface area (Å²) in [5, 5.41) is 17.5. The van der Waals surface area contributed by atoms with Gasteiger partial charge in [-0.25, -0.2) is 4.79 Å². The van der Waals surface area contributed by atoms with Crippen LogP contribution in [0.5, 0.6) is 0 Å². The molecule has 0 unspecified atom stereocenters. The molecule has 0 fully saturated rings. The maximum Gasteiger partial charge on any atom is 0.338 e. The van der Waals surface area contributed by atoms with E-state index in [0.29, 0.717) is 5.69 Å². The van der Waals surface area contributed by atoms with Gasteiger partial charge in [0.05, 0.1) is 17.4 Å². The van der Waals surface area contributed by atoms with Gasteiger partial charge in [0.15, 0.2) is 0 Å². The lowest BCUT2D eigenvalue weighted by Gasteiger charge is -2.04. The molecule has 2 aromatic rings. The minimum atomic E-state index is -1.20. The van der Waals surface area contributed by atoms with E-state index >= 15 is 0 Å². The van der Waals surface area contributed by atoms with E-state index in [1.165, 1.54) is 30.7 Å². The maximum absolute atomic E-state index is 11.8. The Kier molecular flexibility index (Phi) is 2.82. The second-order valence-electron chi connectivity index (χ2n) is 3.15. The van der Waals surface area contributed by atoms with Crippen LogP contribution < -0.4 is 5.32 Å². The summed E-state index contributed by atoms with van der Waals surface area (Å²) in [5.41, 5.74) is 0.159. The molecule has 2 aromatic heterocycles. The van der Waals surface area contributed by atoms with E-state index in [0.717, 1.165) is 0 Å². The van der Waals surface area contributed by atoms with Crippen molar-refractivity contribution in [1.29, 1.82) is 0 Å². The number of carboxylic acid groups (broad SMARTS) is 1. The van der Waals surface area contributed by atoms with Gasteiger partial charge in [0.1, 0.15) is 5.69 Å². The molecule has 0 saturated heterocycles. The summed E-state index contributed by atoms with van der Waals surface area (Å²) >= 11 is 0. The minimum absolute atomic E-state index is 0.138. The Morgan fingerprint density at radius 3 is 2.88 bits per heavy atom. The highest BCUT2D eigenvalue weighted by Crippen LogP contribution is 2.09. The summed E-state index contributed by atoms with van der Waals surface area (Å²) in [6.45, 7) is 0. The third-order valence-corrected chi connectivity index (χ3v) is 2.01. The molecule has 0 atom stereocenters. The second kappa shape index (κ2) is 4.44. The first-order chi connectivity index (χ1) is 8.18. The van der Waals surface area contributed by atoms with Crippen LogP contribution in [0.2, 0.25) is 0 Å². The van der Waals surface area contributed by atoms with Crippen molar-refractivity contribution in [3.8, 4) is 0 Å². The third kappa shape index (κ3) is 2.28. The Labute approximate surface area is 95.5 Å². The molecule has 2 rings (SSSR count). The van der Waals surface area contributed by atoms with Crippen molar-refractivity contribution < 1.29 is 14.7 Å². The molecule has 0 saturated carbocycles. The number of carbonyl (C=O) groups is 2. The van der Waals surface area contributed by atoms with Crippen molar-refractivity contribution in [1.82, 2.24) is 15.2 Å². The van der Waals surface area contributed by atoms with E-state index in [1.807, 2.05) is 0 Å². The van der Waals surface area contributed by atoms with E-state index < -0.39 is 11.9 Å². The highest BCUT2D eigenvalue weighted by atomic mass is 16.4. The van der Waals surface area contributed by atoms with E-state index in [2.05, 4.69) is 20.5 Å². The van der Waals surface area contributed by atoms with Crippen molar-refractivity contribution in [3.05, 3.63) is 42.0 Å². The number of carboxylic acids is 1. The van der Waals surface area contributed by atoms with E-state index in [9.17, 15) is 9.59 Å². The Morgan fingerprint density at radius 1 is 1.41 bits per heavy atom. The van der Waals surface area contributed by atoms with Gasteiger partial charge in [0, 0.05) is 12.4 Å². The smallest absolute Gasteiger partial charge is 0.338 e. The first-order valence-electron chi connectivity index (χ1n) is 4.67. The molecule has 0 aliphatic carbocycles. The van der Waals surface area contributed by atoms with Crippen molar-refractivity contribution in [2.45, 2.75) is 0 Å². The van der Waals surface area contributed by atoms with Gasteiger partial charge in [-0.3, -0.25) is 14.9 Å². The van der Waals surface area contributed by atoms with Crippen LogP contribution in [0, 0.1) is 0 Å². The zero-order chi connectivity index (χ0) is 12.3. The summed E-state index contributed by atoms with van der Waals surface area (Å²) in [5.74, 6) is -1.79. The molecule has 0 aromatic carbocycles. The number of rotatable bonds is 3. The molecule has 2 heterocycles. The van der Waals surface area contributed by atoms with Crippen LogP contribution in [0.1, 0.15) is 20.8 Å². The quantitative estimate of drug-likeness (QED) is 0.723. The Hall–Kier alpha value is -2.70. The molecule has 7 heteroatoms. The first kappa shape index (κ1) is 10.8. The molecule has 0 bridgehead atoms. The predicted molar refractivity (Wildman–Crippen MR) is 57.7 cm³/mol. The summed E-state index contributed by atoms with van der Waals surface area (Å²) in [6, 6.07) is 2.78. The van der Waals surface area contributed by atoms with E-state index in [-0.39, 0.29) is 11.3 Å². The number of H-pyrrole nitrogens is 1. The molecule has 7 nitrogen and oxygen atoms in total. The number of nitrogens with one attached hydrogen (secondary N) is 2. The van der Waals surface area contributed by atoms with Gasteiger partial charge in [0.2, 0.25) is 0 Å². The van der Waals surface area contributed by atoms with Gasteiger partial charge in [-0.1, -0.05) is 0 Å². The van der Waals surface area contributed by atoms with Crippen molar-refractivity contribution in [2.75, 3.05) is 5.32 Å². The molecule has 17 heavy (non-hydrogen) atoms. The first-order valence-corrected chi connectivity index (χ1v) is 4.67. The maximum atomic E-state index is 11.8. The number of aromatic nitrogens is 3. The molecule has 0 aliphatic heterocycles. The van der Waals surface area contributed by atoms with Crippen LogP contribution >= 0.6 is 0 Å². The number of nitrogens with zero attached hydrogens (tertiary/aromatic N) is 2. The van der Waals surface area contributed by atoms with Gasteiger partial charge in [-0.15, -0.1) is 0 Å². The Morgan fingerprint density at radius 2 is 2.24 bits per heavy atom. The van der Waals surface area contributed by atoms with Crippen LogP contribution in [0.25, 0.3) is 0 Å². The van der Waals surface area contributed by atoms with Gasteiger partial charge < -0.3 is 10.4 Å². The monoisotopic (exact) mass is 232 g/mol. The lowest BCUT2D eigenvalue weighted by molar-refractivity contribution is 0.0691. The van der Waals surface area contributed by atoms with Crippen molar-refractivity contribution in [2.24, 2.45) is 0 Å². The average molecular weight is 232 g/mol. The molecule has 0 aliphatic rings. The average Bonchev–Trinajstić information content (AvgIpc) is 2.81. The zero-order valence-electron chi connectivity index (χ0n) is 8.54. The molecule has 86 valence electrons. The number of anilines is 1. The van der Waals surface area contributed by atoms with Crippen LogP contribution in [-0.4, -0.2) is 32.2 Å². The number of aromatic carboxylic acids is 1. The Balaban J connectivity index is 2.28. The fourth-order valence-electron chi connectivity index (χ4n) is 1.27. The van der Waals surface area contributed by atoms with E-state index in [1.54, 1.807) is 0 Å². The summed E-state index contributed by atoms with van der Waals surface area (Å²) in [6.07, 6.45) is 4.24. The summed E-state index contributed by atoms with van der Waals surface area (Å²) in [4.78, 5) is 26.4. The van der Waals surface area contributed by atoms with E-state index in [4.69, 9.17) is 5.11 Å². The van der Waals surface area contributed by atoms with Gasteiger partial charge in [-0.2, -0.15) is 5.10 Å².